The second kappa shape index (κ2) is 6.61. The number of aryl methyl sites for hydroxylation is 2. The Kier molecular flexibility index (Phi) is 4.67. The maximum atomic E-state index is 12.8. The van der Waals surface area contributed by atoms with Crippen molar-refractivity contribution in [1.29, 1.82) is 0 Å². The third kappa shape index (κ3) is 3.45. The summed E-state index contributed by atoms with van der Waals surface area (Å²) in [6, 6.07) is 10.8. The molecule has 0 saturated carbocycles. The number of benzene rings is 2. The molecule has 1 heterocycles. The first-order valence-electron chi connectivity index (χ1n) is 8.23. The van der Waals surface area contributed by atoms with E-state index in [4.69, 9.17) is 0 Å². The number of hydrogen-bond donors (Lipinski definition) is 1. The first-order valence-corrected chi connectivity index (χ1v) is 9.72. The maximum absolute atomic E-state index is 12.8. The molecule has 0 spiro atoms. The fraction of sp³-hybridized carbons (Fsp3) is 0.316. The van der Waals surface area contributed by atoms with Gasteiger partial charge < -0.3 is 4.90 Å². The van der Waals surface area contributed by atoms with Gasteiger partial charge >= 0.3 is 0 Å². The molecule has 0 bridgehead atoms. The van der Waals surface area contributed by atoms with Crippen molar-refractivity contribution in [3.8, 4) is 0 Å². The maximum Gasteiger partial charge on any atom is 0.254 e. The number of nitrogens with one attached hydrogen (secondary N) is 1. The van der Waals surface area contributed by atoms with Crippen molar-refractivity contribution in [2.24, 2.45) is 0 Å². The van der Waals surface area contributed by atoms with E-state index < -0.39 is 10.0 Å². The number of amides is 1. The molecule has 132 valence electrons. The highest BCUT2D eigenvalue weighted by molar-refractivity contribution is 7.89. The lowest BCUT2D eigenvalue weighted by Crippen LogP contribution is -2.36. The van der Waals surface area contributed by atoms with Crippen molar-refractivity contribution in [1.82, 2.24) is 9.62 Å². The number of hydrogen-bond acceptors (Lipinski definition) is 3. The van der Waals surface area contributed by atoms with Crippen LogP contribution in [0.1, 0.15) is 32.6 Å². The molecule has 1 amide bonds. The van der Waals surface area contributed by atoms with Gasteiger partial charge in [-0.3, -0.25) is 4.79 Å². The topological polar surface area (TPSA) is 66.5 Å². The highest BCUT2D eigenvalue weighted by Crippen LogP contribution is 2.24. The fourth-order valence-corrected chi connectivity index (χ4v) is 3.83. The molecule has 0 saturated heterocycles. The van der Waals surface area contributed by atoms with Crippen molar-refractivity contribution >= 4 is 15.9 Å². The predicted octanol–water partition coefficient (Wildman–Crippen LogP) is 2.41. The fourth-order valence-electron chi connectivity index (χ4n) is 3.05. The van der Waals surface area contributed by atoms with Gasteiger partial charge in [0.25, 0.3) is 5.91 Å². The van der Waals surface area contributed by atoms with E-state index in [2.05, 4.69) is 4.72 Å². The smallest absolute Gasteiger partial charge is 0.254 e. The highest BCUT2D eigenvalue weighted by Gasteiger charge is 2.23. The molecular weight excluding hydrogens is 336 g/mol. The van der Waals surface area contributed by atoms with Crippen molar-refractivity contribution in [2.45, 2.75) is 31.7 Å². The quantitative estimate of drug-likeness (QED) is 0.916. The normalized spacial score (nSPS) is 14.3. The van der Waals surface area contributed by atoms with Crippen LogP contribution in [-0.2, 0) is 23.0 Å². The van der Waals surface area contributed by atoms with Crippen molar-refractivity contribution in [2.75, 3.05) is 13.6 Å². The second-order valence-corrected chi connectivity index (χ2v) is 8.30. The van der Waals surface area contributed by atoms with Gasteiger partial charge in [0.15, 0.2) is 0 Å². The number of fused-ring (bicyclic) bond motifs is 1. The zero-order valence-corrected chi connectivity index (χ0v) is 15.5. The average Bonchev–Trinajstić information content (AvgIpc) is 2.62. The summed E-state index contributed by atoms with van der Waals surface area (Å²) in [5.41, 5.74) is 4.90. The summed E-state index contributed by atoms with van der Waals surface area (Å²) < 4.78 is 26.3. The van der Waals surface area contributed by atoms with Gasteiger partial charge in [0, 0.05) is 18.7 Å². The molecule has 0 radical (unpaired) electrons. The molecule has 2 aromatic carbocycles. The summed E-state index contributed by atoms with van der Waals surface area (Å²) in [5, 5.41) is 0. The van der Waals surface area contributed by atoms with E-state index >= 15 is 0 Å². The van der Waals surface area contributed by atoms with E-state index in [9.17, 15) is 13.2 Å². The van der Waals surface area contributed by atoms with Crippen LogP contribution in [0.25, 0.3) is 0 Å². The largest absolute Gasteiger partial charge is 0.334 e. The van der Waals surface area contributed by atoms with Crippen LogP contribution in [0.4, 0.5) is 0 Å². The Bertz CT molecular complexity index is 936. The average molecular weight is 358 g/mol. The van der Waals surface area contributed by atoms with Gasteiger partial charge in [-0.15, -0.1) is 0 Å². The van der Waals surface area contributed by atoms with Crippen LogP contribution in [0, 0.1) is 13.8 Å². The lowest BCUT2D eigenvalue weighted by atomic mass is 9.98. The van der Waals surface area contributed by atoms with E-state index in [-0.39, 0.29) is 10.8 Å². The van der Waals surface area contributed by atoms with Crippen LogP contribution in [-0.4, -0.2) is 32.8 Å². The highest BCUT2D eigenvalue weighted by atomic mass is 32.2. The minimum atomic E-state index is -3.49. The summed E-state index contributed by atoms with van der Waals surface area (Å²) in [6.07, 6.45) is 0.728. The summed E-state index contributed by atoms with van der Waals surface area (Å²) in [6.45, 7) is 5.07. The Morgan fingerprint density at radius 2 is 1.80 bits per heavy atom. The lowest BCUT2D eigenvalue weighted by Gasteiger charge is -2.29. The Morgan fingerprint density at radius 3 is 2.48 bits per heavy atom. The molecular formula is C19H22N2O3S. The summed E-state index contributed by atoms with van der Waals surface area (Å²) in [4.78, 5) is 14.8. The van der Waals surface area contributed by atoms with E-state index in [0.29, 0.717) is 18.7 Å². The number of carbonyl (C=O) groups is 1. The molecule has 5 nitrogen and oxygen atoms in total. The molecule has 0 unspecified atom stereocenters. The Labute approximate surface area is 148 Å². The van der Waals surface area contributed by atoms with E-state index in [0.717, 1.165) is 28.7 Å². The van der Waals surface area contributed by atoms with Gasteiger partial charge in [-0.05, 0) is 73.8 Å². The SMILES string of the molecule is CNS(=O)(=O)c1ccc2c(c1)CN(C(=O)c1ccc(C)c(C)c1)CC2. The van der Waals surface area contributed by atoms with E-state index in [1.165, 1.54) is 7.05 Å². The van der Waals surface area contributed by atoms with Crippen molar-refractivity contribution in [3.63, 3.8) is 0 Å². The minimum Gasteiger partial charge on any atom is -0.334 e. The van der Waals surface area contributed by atoms with Crippen LogP contribution < -0.4 is 4.72 Å². The molecule has 0 atom stereocenters. The first kappa shape index (κ1) is 17.6. The zero-order chi connectivity index (χ0) is 18.2. The number of nitrogens with zero attached hydrogens (tertiary/aromatic N) is 1. The molecule has 0 aromatic heterocycles. The Hall–Kier alpha value is -2.18. The van der Waals surface area contributed by atoms with Crippen LogP contribution in [0.15, 0.2) is 41.3 Å². The summed E-state index contributed by atoms with van der Waals surface area (Å²) in [5.74, 6) is -0.0179. The van der Waals surface area contributed by atoms with Crippen LogP contribution in [0.3, 0.4) is 0 Å². The third-order valence-corrected chi connectivity index (χ3v) is 6.22. The third-order valence-electron chi connectivity index (χ3n) is 4.81. The summed E-state index contributed by atoms with van der Waals surface area (Å²) >= 11 is 0. The number of carbonyl (C=O) groups excluding carboxylic acids is 1. The number of sulfonamides is 1. The van der Waals surface area contributed by atoms with Crippen molar-refractivity contribution in [3.05, 3.63) is 64.2 Å². The van der Waals surface area contributed by atoms with Gasteiger partial charge in [-0.25, -0.2) is 13.1 Å². The minimum absolute atomic E-state index is 0.0179. The molecule has 1 N–H and O–H groups in total. The predicted molar refractivity (Wildman–Crippen MR) is 97.0 cm³/mol. The first-order chi connectivity index (χ1) is 11.8. The van der Waals surface area contributed by atoms with Gasteiger partial charge in [-0.1, -0.05) is 12.1 Å². The zero-order valence-electron chi connectivity index (χ0n) is 14.7. The molecule has 3 rings (SSSR count). The van der Waals surface area contributed by atoms with Gasteiger partial charge in [0.05, 0.1) is 4.90 Å². The molecule has 2 aromatic rings. The van der Waals surface area contributed by atoms with Gasteiger partial charge in [0.2, 0.25) is 10.0 Å². The van der Waals surface area contributed by atoms with Crippen molar-refractivity contribution < 1.29 is 13.2 Å². The van der Waals surface area contributed by atoms with E-state index in [1.54, 1.807) is 17.0 Å². The van der Waals surface area contributed by atoms with E-state index in [1.807, 2.05) is 38.1 Å². The molecule has 0 fully saturated rings. The second-order valence-electron chi connectivity index (χ2n) is 6.41. The van der Waals surface area contributed by atoms with Gasteiger partial charge in [-0.2, -0.15) is 0 Å². The Balaban J connectivity index is 1.88. The molecule has 0 aliphatic carbocycles. The summed E-state index contributed by atoms with van der Waals surface area (Å²) in [7, 11) is -2.09. The van der Waals surface area contributed by atoms with Crippen LogP contribution in [0.2, 0.25) is 0 Å². The van der Waals surface area contributed by atoms with Crippen LogP contribution in [0.5, 0.6) is 0 Å². The number of rotatable bonds is 3. The molecule has 6 heteroatoms. The molecule has 1 aliphatic heterocycles. The molecule has 1 aliphatic rings. The monoisotopic (exact) mass is 358 g/mol. The Morgan fingerprint density at radius 1 is 1.04 bits per heavy atom. The standard InChI is InChI=1S/C19H22N2O3S/c1-13-4-5-16(10-14(13)2)19(22)21-9-8-15-6-7-18(11-17(15)12-21)25(23,24)20-3/h4-7,10-11,20H,8-9,12H2,1-3H3. The molecule has 25 heavy (non-hydrogen) atoms. The lowest BCUT2D eigenvalue weighted by molar-refractivity contribution is 0.0734. The van der Waals surface area contributed by atoms with Crippen LogP contribution >= 0.6 is 0 Å². The van der Waals surface area contributed by atoms with Gasteiger partial charge in [0.1, 0.15) is 0 Å².